The number of amides is 2. The van der Waals surface area contributed by atoms with Gasteiger partial charge in [0.05, 0.1) is 18.4 Å². The smallest absolute Gasteiger partial charge is 0.285 e. The van der Waals surface area contributed by atoms with Gasteiger partial charge in [-0.3, -0.25) is 30.2 Å². The molecule has 0 aromatic heterocycles. The molecule has 2 aromatic carbocycles. The third kappa shape index (κ3) is 4.55. The summed E-state index contributed by atoms with van der Waals surface area (Å²) in [5, 5.41) is 6.21. The van der Waals surface area contributed by atoms with Crippen molar-refractivity contribution in [2.75, 3.05) is 12.1 Å². The second kappa shape index (κ2) is 8.74. The van der Waals surface area contributed by atoms with Crippen molar-refractivity contribution in [3.63, 3.8) is 0 Å². The van der Waals surface area contributed by atoms with Crippen molar-refractivity contribution in [3.05, 3.63) is 59.1 Å². The monoisotopic (exact) mass is 414 g/mol. The van der Waals surface area contributed by atoms with Crippen molar-refractivity contribution in [1.29, 1.82) is 0 Å². The topological polar surface area (TPSA) is 100 Å². The van der Waals surface area contributed by atoms with Crippen LogP contribution in [-0.2, 0) is 9.59 Å². The van der Waals surface area contributed by atoms with E-state index in [4.69, 9.17) is 16.3 Å². The summed E-state index contributed by atoms with van der Waals surface area (Å²) in [5.74, 6) is -1.02. The number of anilines is 1. The second-order valence-electron chi connectivity index (χ2n) is 6.31. The van der Waals surface area contributed by atoms with Crippen molar-refractivity contribution in [2.45, 2.75) is 19.4 Å². The molecule has 2 aromatic rings. The summed E-state index contributed by atoms with van der Waals surface area (Å²) in [6.45, 7) is 1.45. The first-order chi connectivity index (χ1) is 13.9. The Morgan fingerprint density at radius 1 is 1.10 bits per heavy atom. The Morgan fingerprint density at radius 3 is 2.45 bits per heavy atom. The maximum absolute atomic E-state index is 12.5. The van der Waals surface area contributed by atoms with Gasteiger partial charge in [0.25, 0.3) is 11.8 Å². The zero-order valence-corrected chi connectivity index (χ0v) is 16.6. The minimum absolute atomic E-state index is 0.115. The largest absolute Gasteiger partial charge is 0.496 e. The predicted octanol–water partition coefficient (Wildman–Crippen LogP) is 2.33. The number of Topliss-reactive ketones (excluding diaryl/α,β-unsaturated/α-hetero) is 1. The summed E-state index contributed by atoms with van der Waals surface area (Å²) in [4.78, 5) is 36.9. The van der Waals surface area contributed by atoms with Gasteiger partial charge >= 0.3 is 0 Å². The Hall–Kier alpha value is -3.39. The highest BCUT2D eigenvalue weighted by Crippen LogP contribution is 2.25. The summed E-state index contributed by atoms with van der Waals surface area (Å²) >= 11 is 5.89. The molecule has 1 aliphatic heterocycles. The van der Waals surface area contributed by atoms with Crippen molar-refractivity contribution in [3.8, 4) is 5.75 Å². The highest BCUT2D eigenvalue weighted by molar-refractivity contribution is 6.40. The van der Waals surface area contributed by atoms with Gasteiger partial charge in [-0.15, -0.1) is 0 Å². The number of nitrogens with zero attached hydrogens (tertiary/aromatic N) is 2. The molecule has 29 heavy (non-hydrogen) atoms. The van der Waals surface area contributed by atoms with Crippen molar-refractivity contribution in [1.82, 2.24) is 10.9 Å². The maximum atomic E-state index is 12.5. The van der Waals surface area contributed by atoms with Gasteiger partial charge in [0.15, 0.2) is 5.78 Å². The van der Waals surface area contributed by atoms with E-state index in [2.05, 4.69) is 16.0 Å². The third-order valence-corrected chi connectivity index (χ3v) is 4.60. The number of ether oxygens (including phenoxy) is 1. The van der Waals surface area contributed by atoms with E-state index in [9.17, 15) is 14.4 Å². The van der Waals surface area contributed by atoms with E-state index in [1.54, 1.807) is 12.1 Å². The van der Waals surface area contributed by atoms with Crippen LogP contribution in [0, 0.1) is 0 Å². The van der Waals surface area contributed by atoms with E-state index in [0.29, 0.717) is 10.7 Å². The summed E-state index contributed by atoms with van der Waals surface area (Å²) in [6, 6.07) is 13.0. The van der Waals surface area contributed by atoms with Crippen LogP contribution in [0.25, 0.3) is 0 Å². The fourth-order valence-corrected chi connectivity index (χ4v) is 3.05. The van der Waals surface area contributed by atoms with E-state index in [0.717, 1.165) is 0 Å². The number of carbonyl (C=O) groups is 3. The SMILES string of the molecule is COc1cc(Cl)ccc1C(=O)NNC(=O)C1=NN(c2ccccc2)C(C(C)=O)C1. The molecule has 8 nitrogen and oxygen atoms in total. The van der Waals surface area contributed by atoms with Crippen LogP contribution in [0.1, 0.15) is 23.7 Å². The van der Waals surface area contributed by atoms with Gasteiger partial charge in [0, 0.05) is 11.4 Å². The molecule has 0 radical (unpaired) electrons. The Labute approximate surface area is 172 Å². The van der Waals surface area contributed by atoms with Gasteiger partial charge in [-0.2, -0.15) is 5.10 Å². The second-order valence-corrected chi connectivity index (χ2v) is 6.75. The number of nitrogens with one attached hydrogen (secondary N) is 2. The van der Waals surface area contributed by atoms with Gasteiger partial charge in [-0.05, 0) is 37.3 Å². The molecular formula is C20H19ClN4O4. The molecule has 1 heterocycles. The number of methoxy groups -OCH3 is 1. The predicted molar refractivity (Wildman–Crippen MR) is 109 cm³/mol. The summed E-state index contributed by atoms with van der Waals surface area (Å²) < 4.78 is 5.13. The highest BCUT2D eigenvalue weighted by atomic mass is 35.5. The van der Waals surface area contributed by atoms with E-state index >= 15 is 0 Å². The minimum Gasteiger partial charge on any atom is -0.496 e. The molecule has 2 N–H and O–H groups in total. The van der Waals surface area contributed by atoms with E-state index in [1.807, 2.05) is 18.2 Å². The lowest BCUT2D eigenvalue weighted by atomic mass is 10.1. The van der Waals surface area contributed by atoms with Crippen LogP contribution in [0.15, 0.2) is 53.6 Å². The molecule has 0 bridgehead atoms. The standard InChI is InChI=1S/C20H19ClN4O4/c1-12(26)17-11-16(24-25(17)14-6-4-3-5-7-14)20(28)23-22-19(27)15-9-8-13(21)10-18(15)29-2/h3-10,17H,11H2,1-2H3,(H,22,27)(H,23,28). The zero-order chi connectivity index (χ0) is 21.0. The average molecular weight is 415 g/mol. The number of benzene rings is 2. The number of hydrogen-bond donors (Lipinski definition) is 2. The molecule has 2 amide bonds. The first-order valence-electron chi connectivity index (χ1n) is 8.77. The molecule has 1 aliphatic rings. The Morgan fingerprint density at radius 2 is 1.79 bits per heavy atom. The first kappa shape index (κ1) is 20.3. The average Bonchev–Trinajstić information content (AvgIpc) is 3.18. The minimum atomic E-state index is -0.601. The fraction of sp³-hybridized carbons (Fsp3) is 0.200. The number of hydrazine groups is 1. The van der Waals surface area contributed by atoms with Crippen LogP contribution in [0.3, 0.4) is 0 Å². The zero-order valence-electron chi connectivity index (χ0n) is 15.8. The van der Waals surface area contributed by atoms with E-state index in [1.165, 1.54) is 37.2 Å². The maximum Gasteiger partial charge on any atom is 0.285 e. The summed E-state index contributed by atoms with van der Waals surface area (Å²) in [6.07, 6.45) is 0.135. The Balaban J connectivity index is 1.71. The Bertz CT molecular complexity index is 978. The van der Waals surface area contributed by atoms with Gasteiger partial charge in [0.1, 0.15) is 17.5 Å². The quantitative estimate of drug-likeness (QED) is 0.731. The molecule has 0 saturated carbocycles. The number of para-hydroxylation sites is 1. The molecule has 1 atom stereocenters. The molecule has 9 heteroatoms. The molecule has 3 rings (SSSR count). The van der Waals surface area contributed by atoms with Crippen molar-refractivity contribution in [2.24, 2.45) is 5.10 Å². The molecule has 0 fully saturated rings. The number of halogens is 1. The van der Waals surface area contributed by atoms with Crippen LogP contribution in [0.5, 0.6) is 5.75 Å². The van der Waals surface area contributed by atoms with Crippen LogP contribution < -0.4 is 20.6 Å². The summed E-state index contributed by atoms with van der Waals surface area (Å²) in [5.41, 5.74) is 5.69. The Kier molecular flexibility index (Phi) is 6.13. The normalized spacial score (nSPS) is 15.5. The highest BCUT2D eigenvalue weighted by Gasteiger charge is 2.34. The van der Waals surface area contributed by atoms with Crippen LogP contribution in [-0.4, -0.2) is 36.5 Å². The van der Waals surface area contributed by atoms with Crippen molar-refractivity contribution >= 4 is 40.6 Å². The molecular weight excluding hydrogens is 396 g/mol. The lowest BCUT2D eigenvalue weighted by Crippen LogP contribution is -2.45. The first-order valence-corrected chi connectivity index (χ1v) is 9.15. The molecule has 0 spiro atoms. The lowest BCUT2D eigenvalue weighted by Gasteiger charge is -2.20. The number of carbonyl (C=O) groups excluding carboxylic acids is 3. The van der Waals surface area contributed by atoms with Gasteiger partial charge in [-0.1, -0.05) is 29.8 Å². The molecule has 150 valence electrons. The van der Waals surface area contributed by atoms with Crippen molar-refractivity contribution < 1.29 is 19.1 Å². The number of hydrogen-bond acceptors (Lipinski definition) is 6. The van der Waals surface area contributed by atoms with Crippen LogP contribution in [0.4, 0.5) is 5.69 Å². The fourth-order valence-electron chi connectivity index (χ4n) is 2.89. The molecule has 0 saturated heterocycles. The van der Waals surface area contributed by atoms with E-state index < -0.39 is 17.9 Å². The number of rotatable bonds is 5. The summed E-state index contributed by atoms with van der Waals surface area (Å²) in [7, 11) is 1.41. The number of hydrazone groups is 1. The molecule has 0 aliphatic carbocycles. The third-order valence-electron chi connectivity index (χ3n) is 4.36. The lowest BCUT2D eigenvalue weighted by molar-refractivity contribution is -0.118. The van der Waals surface area contributed by atoms with Crippen LogP contribution >= 0.6 is 11.6 Å². The van der Waals surface area contributed by atoms with Gasteiger partial charge < -0.3 is 4.74 Å². The van der Waals surface area contributed by atoms with Gasteiger partial charge in [0.2, 0.25) is 0 Å². The molecule has 1 unspecified atom stereocenters. The van der Waals surface area contributed by atoms with E-state index in [-0.39, 0.29) is 29.2 Å². The van der Waals surface area contributed by atoms with Crippen LogP contribution in [0.2, 0.25) is 5.02 Å². The number of ketones is 1. The van der Waals surface area contributed by atoms with Gasteiger partial charge in [-0.25, -0.2) is 0 Å².